The van der Waals surface area contributed by atoms with E-state index in [9.17, 15) is 4.79 Å². The maximum Gasteiger partial charge on any atom is 0.234 e. The van der Waals surface area contributed by atoms with Gasteiger partial charge in [-0.05, 0) is 13.1 Å². The van der Waals surface area contributed by atoms with Crippen LogP contribution < -0.4 is 5.32 Å². The molecule has 2 rings (SSSR count). The number of rotatable bonds is 10. The van der Waals surface area contributed by atoms with Crippen LogP contribution in [0.4, 0.5) is 5.69 Å². The van der Waals surface area contributed by atoms with E-state index in [-0.39, 0.29) is 5.91 Å². The number of hydrogen-bond acceptors (Lipinski definition) is 7. The van der Waals surface area contributed by atoms with Gasteiger partial charge < -0.3 is 14.7 Å². The van der Waals surface area contributed by atoms with Crippen LogP contribution in [-0.2, 0) is 17.1 Å². The van der Waals surface area contributed by atoms with Crippen LogP contribution in [0.15, 0.2) is 16.9 Å². The Kier molecular flexibility index (Phi) is 7.26. The summed E-state index contributed by atoms with van der Waals surface area (Å²) < 4.78 is 6.74. The van der Waals surface area contributed by atoms with Crippen molar-refractivity contribution < 1.29 is 9.32 Å². The molecule has 24 heavy (non-hydrogen) atoms. The zero-order valence-corrected chi connectivity index (χ0v) is 15.2. The lowest BCUT2D eigenvalue weighted by molar-refractivity contribution is -0.113. The third-order valence-electron chi connectivity index (χ3n) is 3.49. The Morgan fingerprint density at radius 1 is 1.42 bits per heavy atom. The Bertz CT molecular complexity index is 637. The van der Waals surface area contributed by atoms with Crippen molar-refractivity contribution in [3.63, 3.8) is 0 Å². The van der Waals surface area contributed by atoms with Crippen molar-refractivity contribution in [3.05, 3.63) is 24.1 Å². The maximum atomic E-state index is 11.9. The molecule has 0 atom stereocenters. The second kappa shape index (κ2) is 9.43. The summed E-state index contributed by atoms with van der Waals surface area (Å²) in [5.74, 6) is 1.96. The maximum absolute atomic E-state index is 11.9. The first-order valence-electron chi connectivity index (χ1n) is 8.02. The van der Waals surface area contributed by atoms with Gasteiger partial charge in [0.25, 0.3) is 0 Å². The van der Waals surface area contributed by atoms with Crippen LogP contribution in [0.2, 0.25) is 0 Å². The third kappa shape index (κ3) is 5.97. The molecule has 0 aliphatic heterocycles. The molecule has 1 N–H and O–H groups in total. The van der Waals surface area contributed by atoms with Crippen molar-refractivity contribution in [2.24, 2.45) is 0 Å². The number of hydrogen-bond donors (Lipinski definition) is 1. The number of aryl methyl sites for hydroxylation is 1. The van der Waals surface area contributed by atoms with Gasteiger partial charge in [-0.2, -0.15) is 10.1 Å². The Labute approximate surface area is 146 Å². The molecule has 0 saturated carbocycles. The van der Waals surface area contributed by atoms with Gasteiger partial charge in [0.2, 0.25) is 11.8 Å². The van der Waals surface area contributed by atoms with Crippen LogP contribution in [0.1, 0.15) is 25.6 Å². The van der Waals surface area contributed by atoms with Gasteiger partial charge in [-0.3, -0.25) is 9.48 Å². The minimum absolute atomic E-state index is 0.0662. The smallest absolute Gasteiger partial charge is 0.234 e. The van der Waals surface area contributed by atoms with Crippen LogP contribution in [0.5, 0.6) is 0 Å². The molecular weight excluding hydrogens is 328 g/mol. The van der Waals surface area contributed by atoms with Gasteiger partial charge in [-0.15, -0.1) is 11.8 Å². The van der Waals surface area contributed by atoms with Crippen molar-refractivity contribution in [2.45, 2.75) is 33.1 Å². The third-order valence-corrected chi connectivity index (χ3v) is 4.42. The SMILES string of the molecule is CCN(CC)CCn1cc(NC(=O)CSCc2noc(C)n2)cn1. The molecule has 8 nitrogen and oxygen atoms in total. The number of thioether (sulfide) groups is 1. The van der Waals surface area contributed by atoms with Gasteiger partial charge >= 0.3 is 0 Å². The molecule has 0 bridgehead atoms. The largest absolute Gasteiger partial charge is 0.340 e. The summed E-state index contributed by atoms with van der Waals surface area (Å²) in [6.45, 7) is 9.84. The fourth-order valence-electron chi connectivity index (χ4n) is 2.17. The topological polar surface area (TPSA) is 89.1 Å². The van der Waals surface area contributed by atoms with Crippen molar-refractivity contribution in [1.82, 2.24) is 24.8 Å². The monoisotopic (exact) mass is 352 g/mol. The average molecular weight is 352 g/mol. The fourth-order valence-corrected chi connectivity index (χ4v) is 2.83. The van der Waals surface area contributed by atoms with Crippen LogP contribution in [0, 0.1) is 6.92 Å². The summed E-state index contributed by atoms with van der Waals surface area (Å²) in [6, 6.07) is 0. The van der Waals surface area contributed by atoms with Gasteiger partial charge in [0, 0.05) is 19.7 Å². The highest BCUT2D eigenvalue weighted by Gasteiger charge is 2.08. The normalized spacial score (nSPS) is 11.2. The number of carbonyl (C=O) groups is 1. The lowest BCUT2D eigenvalue weighted by atomic mass is 10.4. The molecule has 0 aliphatic rings. The van der Waals surface area contributed by atoms with E-state index in [4.69, 9.17) is 4.52 Å². The number of aromatic nitrogens is 4. The number of anilines is 1. The first kappa shape index (κ1) is 18.5. The van der Waals surface area contributed by atoms with Gasteiger partial charge in [-0.25, -0.2) is 0 Å². The standard InChI is InChI=1S/C15H24N6O2S/c1-4-20(5-2)6-7-21-9-13(8-16-21)18-15(22)11-24-10-14-17-12(3)23-19-14/h8-9H,4-7,10-11H2,1-3H3,(H,18,22). The molecule has 0 aromatic carbocycles. The number of carbonyl (C=O) groups excluding carboxylic acids is 1. The van der Waals surface area contributed by atoms with E-state index < -0.39 is 0 Å². The molecule has 9 heteroatoms. The minimum Gasteiger partial charge on any atom is -0.340 e. The Morgan fingerprint density at radius 3 is 2.88 bits per heavy atom. The summed E-state index contributed by atoms with van der Waals surface area (Å²) in [6.07, 6.45) is 3.53. The lowest BCUT2D eigenvalue weighted by Crippen LogP contribution is -2.27. The molecule has 0 aliphatic carbocycles. The van der Waals surface area contributed by atoms with E-state index in [1.54, 1.807) is 13.1 Å². The second-order valence-electron chi connectivity index (χ2n) is 5.29. The lowest BCUT2D eigenvalue weighted by Gasteiger charge is -2.17. The number of amides is 1. The predicted molar refractivity (Wildman–Crippen MR) is 93.8 cm³/mol. The molecule has 1 amide bonds. The van der Waals surface area contributed by atoms with Crippen LogP contribution in [0.25, 0.3) is 0 Å². The number of nitrogens with one attached hydrogen (secondary N) is 1. The molecule has 0 fully saturated rings. The van der Waals surface area contributed by atoms with Crippen LogP contribution in [-0.4, -0.2) is 56.1 Å². The first-order valence-corrected chi connectivity index (χ1v) is 9.17. The van der Waals surface area contributed by atoms with E-state index in [1.807, 2.05) is 10.9 Å². The van der Waals surface area contributed by atoms with E-state index in [0.717, 1.165) is 31.9 Å². The molecule has 0 radical (unpaired) electrons. The second-order valence-corrected chi connectivity index (χ2v) is 6.28. The van der Waals surface area contributed by atoms with Crippen LogP contribution >= 0.6 is 11.8 Å². The van der Waals surface area contributed by atoms with Gasteiger partial charge in [0.05, 0.1) is 29.9 Å². The zero-order valence-electron chi connectivity index (χ0n) is 14.4. The van der Waals surface area contributed by atoms with Gasteiger partial charge in [0.1, 0.15) is 0 Å². The molecular formula is C15H24N6O2S. The Hall–Kier alpha value is -1.87. The summed E-state index contributed by atoms with van der Waals surface area (Å²) in [5, 5.41) is 10.9. The molecule has 2 aromatic heterocycles. The van der Waals surface area contributed by atoms with E-state index in [0.29, 0.717) is 23.2 Å². The van der Waals surface area contributed by atoms with E-state index >= 15 is 0 Å². The molecule has 2 aromatic rings. The molecule has 0 spiro atoms. The molecule has 0 saturated heterocycles. The van der Waals surface area contributed by atoms with Crippen LogP contribution in [0.3, 0.4) is 0 Å². The highest BCUT2D eigenvalue weighted by molar-refractivity contribution is 7.99. The van der Waals surface area contributed by atoms with Crippen molar-refractivity contribution >= 4 is 23.4 Å². The highest BCUT2D eigenvalue weighted by Crippen LogP contribution is 2.11. The molecule has 0 unspecified atom stereocenters. The van der Waals surface area contributed by atoms with Gasteiger partial charge in [-0.1, -0.05) is 19.0 Å². The number of nitrogens with zero attached hydrogens (tertiary/aromatic N) is 5. The molecule has 132 valence electrons. The predicted octanol–water partition coefficient (Wildman–Crippen LogP) is 1.79. The quantitative estimate of drug-likeness (QED) is 0.697. The summed E-state index contributed by atoms with van der Waals surface area (Å²) in [5.41, 5.74) is 0.718. The van der Waals surface area contributed by atoms with E-state index in [2.05, 4.69) is 39.3 Å². The average Bonchev–Trinajstić information content (AvgIpc) is 3.17. The van der Waals surface area contributed by atoms with E-state index in [1.165, 1.54) is 11.8 Å². The molecule has 2 heterocycles. The highest BCUT2D eigenvalue weighted by atomic mass is 32.2. The zero-order chi connectivity index (χ0) is 17.4. The minimum atomic E-state index is -0.0662. The fraction of sp³-hybridized carbons (Fsp3) is 0.600. The van der Waals surface area contributed by atoms with Crippen molar-refractivity contribution in [3.8, 4) is 0 Å². The van der Waals surface area contributed by atoms with Crippen molar-refractivity contribution in [1.29, 1.82) is 0 Å². The first-order chi connectivity index (χ1) is 11.6. The Morgan fingerprint density at radius 2 is 2.21 bits per heavy atom. The van der Waals surface area contributed by atoms with Crippen molar-refractivity contribution in [2.75, 3.05) is 30.7 Å². The van der Waals surface area contributed by atoms with Gasteiger partial charge in [0.15, 0.2) is 5.82 Å². The number of likely N-dealkylation sites (N-methyl/N-ethyl adjacent to an activating group) is 1. The summed E-state index contributed by atoms with van der Waals surface area (Å²) in [7, 11) is 0. The summed E-state index contributed by atoms with van der Waals surface area (Å²) >= 11 is 1.44. The Balaban J connectivity index is 1.70. The summed E-state index contributed by atoms with van der Waals surface area (Å²) in [4.78, 5) is 18.4.